The maximum atomic E-state index is 12.9. The molecule has 0 nitrogen and oxygen atoms in total. The lowest BCUT2D eigenvalue weighted by Gasteiger charge is -2.28. The van der Waals surface area contributed by atoms with Gasteiger partial charge >= 0.3 is 18.3 Å². The maximum absolute atomic E-state index is 12.9. The lowest BCUT2D eigenvalue weighted by atomic mass is 9.87. The van der Waals surface area contributed by atoms with Crippen molar-refractivity contribution in [3.8, 4) is 0 Å². The van der Waals surface area contributed by atoms with Gasteiger partial charge in [-0.25, -0.2) is 0 Å². The SMILES string of the molecule is CC(C)C1(C(F)(F)F)CC1C(F)(F)C(F)(F)F. The highest BCUT2D eigenvalue weighted by atomic mass is 19.4. The minimum Gasteiger partial charge on any atom is -0.196 e. The third-order valence-electron chi connectivity index (χ3n) is 3.38. The van der Waals surface area contributed by atoms with Gasteiger partial charge in [0.15, 0.2) is 0 Å². The first kappa shape index (κ1) is 14.5. The predicted molar refractivity (Wildman–Crippen MR) is 42.4 cm³/mol. The molecule has 0 bridgehead atoms. The fraction of sp³-hybridized carbons (Fsp3) is 1.00. The highest BCUT2D eigenvalue weighted by Crippen LogP contribution is 2.72. The van der Waals surface area contributed by atoms with Gasteiger partial charge in [0.1, 0.15) is 0 Å². The van der Waals surface area contributed by atoms with E-state index in [1.807, 2.05) is 0 Å². The molecule has 0 saturated heterocycles. The van der Waals surface area contributed by atoms with Crippen molar-refractivity contribution in [2.24, 2.45) is 17.3 Å². The molecule has 0 aliphatic heterocycles. The standard InChI is InChI=1S/C9H10F8/c1-4(2)6(8(12,13)14)3-5(6)7(10,11)9(15,16)17/h4-5H,3H2,1-2H3. The smallest absolute Gasteiger partial charge is 0.196 e. The molecule has 0 spiro atoms. The Morgan fingerprint density at radius 2 is 1.35 bits per heavy atom. The Kier molecular flexibility index (Phi) is 2.96. The topological polar surface area (TPSA) is 0 Å². The van der Waals surface area contributed by atoms with Crippen LogP contribution in [0.4, 0.5) is 35.1 Å². The maximum Gasteiger partial charge on any atom is 0.453 e. The van der Waals surface area contributed by atoms with Crippen molar-refractivity contribution >= 4 is 0 Å². The van der Waals surface area contributed by atoms with Crippen molar-refractivity contribution < 1.29 is 35.1 Å². The molecule has 102 valence electrons. The summed E-state index contributed by atoms with van der Waals surface area (Å²) in [5.41, 5.74) is -2.92. The van der Waals surface area contributed by atoms with Crippen molar-refractivity contribution in [1.82, 2.24) is 0 Å². The van der Waals surface area contributed by atoms with Crippen LogP contribution in [0.5, 0.6) is 0 Å². The van der Waals surface area contributed by atoms with E-state index < -0.39 is 41.9 Å². The summed E-state index contributed by atoms with van der Waals surface area (Å²) >= 11 is 0. The molecule has 0 heterocycles. The Morgan fingerprint density at radius 1 is 0.941 bits per heavy atom. The molecule has 1 rings (SSSR count). The predicted octanol–water partition coefficient (Wildman–Crippen LogP) is 4.41. The van der Waals surface area contributed by atoms with E-state index in [1.165, 1.54) is 0 Å². The second-order valence-electron chi connectivity index (χ2n) is 4.57. The van der Waals surface area contributed by atoms with Crippen LogP contribution in [0.3, 0.4) is 0 Å². The van der Waals surface area contributed by atoms with Crippen molar-refractivity contribution in [2.75, 3.05) is 0 Å². The average molecular weight is 270 g/mol. The van der Waals surface area contributed by atoms with Crippen LogP contribution in [0.15, 0.2) is 0 Å². The van der Waals surface area contributed by atoms with Gasteiger partial charge in [-0.05, 0) is 12.3 Å². The molecule has 1 saturated carbocycles. The van der Waals surface area contributed by atoms with Crippen molar-refractivity contribution in [2.45, 2.75) is 38.5 Å². The van der Waals surface area contributed by atoms with Gasteiger partial charge in [0.25, 0.3) is 0 Å². The Morgan fingerprint density at radius 3 is 1.53 bits per heavy atom. The fourth-order valence-corrected chi connectivity index (χ4v) is 2.21. The van der Waals surface area contributed by atoms with Gasteiger partial charge in [-0.3, -0.25) is 0 Å². The van der Waals surface area contributed by atoms with Gasteiger partial charge in [0.2, 0.25) is 0 Å². The minimum absolute atomic E-state index is 1.000. The Labute approximate surface area is 92.0 Å². The van der Waals surface area contributed by atoms with Crippen LogP contribution in [0.1, 0.15) is 20.3 Å². The molecule has 1 aliphatic rings. The number of rotatable bonds is 2. The summed E-state index contributed by atoms with van der Waals surface area (Å²) in [5, 5.41) is 0. The minimum atomic E-state index is -5.94. The molecule has 2 atom stereocenters. The molecule has 0 amide bonds. The number of hydrogen-bond acceptors (Lipinski definition) is 0. The lowest BCUT2D eigenvalue weighted by Crippen LogP contribution is -2.44. The normalized spacial score (nSPS) is 30.9. The second-order valence-corrected chi connectivity index (χ2v) is 4.57. The van der Waals surface area contributed by atoms with Crippen molar-refractivity contribution in [1.29, 1.82) is 0 Å². The third-order valence-corrected chi connectivity index (χ3v) is 3.38. The molecule has 2 unspecified atom stereocenters. The van der Waals surface area contributed by atoms with Crippen LogP contribution in [-0.2, 0) is 0 Å². The molecule has 1 fully saturated rings. The van der Waals surface area contributed by atoms with Crippen LogP contribution in [0.25, 0.3) is 0 Å². The van der Waals surface area contributed by atoms with Crippen molar-refractivity contribution in [3.05, 3.63) is 0 Å². The Hall–Kier alpha value is -0.560. The summed E-state index contributed by atoms with van der Waals surface area (Å²) in [4.78, 5) is 0. The lowest BCUT2D eigenvalue weighted by molar-refractivity contribution is -0.306. The van der Waals surface area contributed by atoms with Crippen LogP contribution in [-0.4, -0.2) is 18.3 Å². The summed E-state index contributed by atoms with van der Waals surface area (Å²) in [7, 11) is 0. The molecule has 1 aliphatic carbocycles. The van der Waals surface area contributed by atoms with Crippen LogP contribution in [0.2, 0.25) is 0 Å². The number of alkyl halides is 8. The summed E-state index contributed by atoms with van der Waals surface area (Å²) in [6.45, 7) is 2.00. The number of hydrogen-bond donors (Lipinski definition) is 0. The number of halogens is 8. The van der Waals surface area contributed by atoms with Gasteiger partial charge in [0, 0.05) is 5.92 Å². The van der Waals surface area contributed by atoms with E-state index in [2.05, 4.69) is 0 Å². The van der Waals surface area contributed by atoms with Gasteiger partial charge in [-0.1, -0.05) is 13.8 Å². The fourth-order valence-electron chi connectivity index (χ4n) is 2.21. The van der Waals surface area contributed by atoms with E-state index >= 15 is 0 Å². The first-order chi connectivity index (χ1) is 7.28. The van der Waals surface area contributed by atoms with E-state index in [9.17, 15) is 35.1 Å². The molecular formula is C9H10F8. The van der Waals surface area contributed by atoms with E-state index in [4.69, 9.17) is 0 Å². The van der Waals surface area contributed by atoms with E-state index in [-0.39, 0.29) is 0 Å². The molecule has 0 N–H and O–H groups in total. The average Bonchev–Trinajstić information content (AvgIpc) is 2.74. The molecule has 8 heteroatoms. The molecule has 0 aromatic carbocycles. The Bertz CT molecular complexity index is 299. The summed E-state index contributed by atoms with van der Waals surface area (Å²) < 4.78 is 99.6. The Balaban J connectivity index is 3.08. The first-order valence-corrected chi connectivity index (χ1v) is 4.79. The molecular weight excluding hydrogens is 260 g/mol. The highest BCUT2D eigenvalue weighted by Gasteiger charge is 2.83. The third kappa shape index (κ3) is 1.89. The summed E-state index contributed by atoms with van der Waals surface area (Å²) in [5.74, 6) is -9.33. The molecule has 0 aromatic heterocycles. The largest absolute Gasteiger partial charge is 0.453 e. The van der Waals surface area contributed by atoms with Crippen LogP contribution in [0, 0.1) is 17.3 Å². The van der Waals surface area contributed by atoms with Gasteiger partial charge < -0.3 is 0 Å². The first-order valence-electron chi connectivity index (χ1n) is 4.79. The van der Waals surface area contributed by atoms with E-state index in [1.54, 1.807) is 0 Å². The molecule has 17 heavy (non-hydrogen) atoms. The molecule has 0 aromatic rings. The quantitative estimate of drug-likeness (QED) is 0.652. The zero-order valence-corrected chi connectivity index (χ0v) is 8.89. The van der Waals surface area contributed by atoms with Gasteiger partial charge in [-0.2, -0.15) is 35.1 Å². The second kappa shape index (κ2) is 3.47. The van der Waals surface area contributed by atoms with E-state index in [0.717, 1.165) is 13.8 Å². The summed E-state index contributed by atoms with van der Waals surface area (Å²) in [6, 6.07) is 0. The van der Waals surface area contributed by atoms with Gasteiger partial charge in [0.05, 0.1) is 5.41 Å². The van der Waals surface area contributed by atoms with Crippen LogP contribution >= 0.6 is 0 Å². The summed E-state index contributed by atoms with van der Waals surface area (Å²) in [6.07, 6.45) is -12.2. The zero-order valence-electron chi connectivity index (χ0n) is 8.89. The molecule has 0 radical (unpaired) electrons. The van der Waals surface area contributed by atoms with Crippen LogP contribution < -0.4 is 0 Å². The van der Waals surface area contributed by atoms with Gasteiger partial charge in [-0.15, -0.1) is 0 Å². The highest BCUT2D eigenvalue weighted by molar-refractivity contribution is 5.15. The monoisotopic (exact) mass is 270 g/mol. The van der Waals surface area contributed by atoms with Crippen molar-refractivity contribution in [3.63, 3.8) is 0 Å². The van der Waals surface area contributed by atoms with E-state index in [0.29, 0.717) is 0 Å². The zero-order chi connectivity index (χ0) is 13.9.